The van der Waals surface area contributed by atoms with Crippen LogP contribution in [0.4, 0.5) is 0 Å². The fourth-order valence-corrected chi connectivity index (χ4v) is 2.25. The van der Waals surface area contributed by atoms with Gasteiger partial charge in [0.05, 0.1) is 10.9 Å². The van der Waals surface area contributed by atoms with Crippen molar-refractivity contribution in [3.63, 3.8) is 0 Å². The van der Waals surface area contributed by atoms with Gasteiger partial charge in [0.15, 0.2) is 15.7 Å². The van der Waals surface area contributed by atoms with Gasteiger partial charge in [-0.15, -0.1) is 0 Å². The average Bonchev–Trinajstić information content (AvgIpc) is 2.38. The van der Waals surface area contributed by atoms with Gasteiger partial charge in [-0.3, -0.25) is 0 Å². The van der Waals surface area contributed by atoms with E-state index in [1.807, 2.05) is 6.92 Å². The SMILES string of the molecule is CCC(NCc1ccc(S(C)(=O)=O)cc1)C(N)=NO. The summed E-state index contributed by atoms with van der Waals surface area (Å²) in [6, 6.07) is 6.40. The molecule has 0 aliphatic rings. The van der Waals surface area contributed by atoms with Crippen LogP contribution >= 0.6 is 0 Å². The lowest BCUT2D eigenvalue weighted by atomic mass is 10.1. The molecule has 1 aromatic rings. The molecule has 0 saturated heterocycles. The molecule has 1 rings (SSSR count). The van der Waals surface area contributed by atoms with Crippen LogP contribution in [-0.2, 0) is 16.4 Å². The van der Waals surface area contributed by atoms with Crippen molar-refractivity contribution in [1.29, 1.82) is 0 Å². The normalized spacial score (nSPS) is 14.3. The number of benzene rings is 1. The lowest BCUT2D eigenvalue weighted by molar-refractivity contribution is 0.314. The van der Waals surface area contributed by atoms with Crippen LogP contribution < -0.4 is 11.1 Å². The second kappa shape index (κ2) is 6.53. The summed E-state index contributed by atoms with van der Waals surface area (Å²) in [4.78, 5) is 0.291. The zero-order valence-electron chi connectivity index (χ0n) is 11.0. The van der Waals surface area contributed by atoms with Crippen molar-refractivity contribution in [2.24, 2.45) is 10.9 Å². The lowest BCUT2D eigenvalue weighted by Gasteiger charge is -2.15. The van der Waals surface area contributed by atoms with Crippen molar-refractivity contribution >= 4 is 15.7 Å². The Hall–Kier alpha value is -1.60. The predicted octanol–water partition coefficient (Wildman–Crippen LogP) is 0.705. The van der Waals surface area contributed by atoms with Gasteiger partial charge in [0.2, 0.25) is 0 Å². The molecule has 19 heavy (non-hydrogen) atoms. The summed E-state index contributed by atoms with van der Waals surface area (Å²) in [5.41, 5.74) is 6.46. The van der Waals surface area contributed by atoms with E-state index in [9.17, 15) is 8.42 Å². The van der Waals surface area contributed by atoms with Crippen LogP contribution in [0.3, 0.4) is 0 Å². The highest BCUT2D eigenvalue weighted by Gasteiger charge is 2.11. The highest BCUT2D eigenvalue weighted by atomic mass is 32.2. The summed E-state index contributed by atoms with van der Waals surface area (Å²) < 4.78 is 22.6. The number of rotatable bonds is 6. The molecule has 1 atom stereocenters. The van der Waals surface area contributed by atoms with Crippen molar-refractivity contribution < 1.29 is 13.6 Å². The third-order valence-corrected chi connectivity index (χ3v) is 3.91. The van der Waals surface area contributed by atoms with E-state index >= 15 is 0 Å². The highest BCUT2D eigenvalue weighted by molar-refractivity contribution is 7.90. The summed E-state index contributed by atoms with van der Waals surface area (Å²) in [6.07, 6.45) is 1.86. The molecular formula is C12H19N3O3S. The van der Waals surface area contributed by atoms with Crippen LogP contribution in [0.2, 0.25) is 0 Å². The number of amidine groups is 1. The summed E-state index contributed by atoms with van der Waals surface area (Å²) in [7, 11) is -3.17. The number of hydrogen-bond acceptors (Lipinski definition) is 5. The van der Waals surface area contributed by atoms with E-state index in [1.165, 1.54) is 6.26 Å². The second-order valence-corrected chi connectivity index (χ2v) is 6.30. The first-order chi connectivity index (χ1) is 8.88. The van der Waals surface area contributed by atoms with Gasteiger partial charge in [-0.2, -0.15) is 0 Å². The Bertz CT molecular complexity index is 538. The number of sulfone groups is 1. The summed E-state index contributed by atoms with van der Waals surface area (Å²) in [6.45, 7) is 2.43. The molecule has 0 fully saturated rings. The molecule has 106 valence electrons. The van der Waals surface area contributed by atoms with E-state index in [0.717, 1.165) is 5.56 Å². The average molecular weight is 285 g/mol. The van der Waals surface area contributed by atoms with Crippen molar-refractivity contribution in [3.8, 4) is 0 Å². The molecule has 0 amide bonds. The Morgan fingerprint density at radius 3 is 2.42 bits per heavy atom. The van der Waals surface area contributed by atoms with Crippen molar-refractivity contribution in [2.45, 2.75) is 30.8 Å². The molecular weight excluding hydrogens is 266 g/mol. The number of oxime groups is 1. The molecule has 0 bridgehead atoms. The van der Waals surface area contributed by atoms with Crippen LogP contribution in [0.5, 0.6) is 0 Å². The van der Waals surface area contributed by atoms with E-state index in [1.54, 1.807) is 24.3 Å². The fraction of sp³-hybridized carbons (Fsp3) is 0.417. The molecule has 1 aromatic carbocycles. The minimum atomic E-state index is -3.17. The van der Waals surface area contributed by atoms with Crippen LogP contribution in [0.15, 0.2) is 34.3 Å². The zero-order chi connectivity index (χ0) is 14.5. The molecule has 1 unspecified atom stereocenters. The van der Waals surface area contributed by atoms with Gasteiger partial charge < -0.3 is 16.3 Å². The van der Waals surface area contributed by atoms with Crippen molar-refractivity contribution in [2.75, 3.05) is 6.26 Å². The van der Waals surface area contributed by atoms with Gasteiger partial charge in [0.25, 0.3) is 0 Å². The summed E-state index contributed by atoms with van der Waals surface area (Å²) >= 11 is 0. The standard InChI is InChI=1S/C12H19N3O3S/c1-3-11(12(13)15-16)14-8-9-4-6-10(7-5-9)19(2,17)18/h4-7,11,14,16H,3,8H2,1-2H3,(H2,13,15). The number of nitrogens with zero attached hydrogens (tertiary/aromatic N) is 1. The molecule has 0 spiro atoms. The first-order valence-electron chi connectivity index (χ1n) is 5.88. The van der Waals surface area contributed by atoms with Crippen molar-refractivity contribution in [1.82, 2.24) is 5.32 Å². The first-order valence-corrected chi connectivity index (χ1v) is 7.77. The number of nitrogens with two attached hydrogens (primary N) is 1. The van der Waals surface area contributed by atoms with Crippen LogP contribution in [-0.4, -0.2) is 31.8 Å². The van der Waals surface area contributed by atoms with E-state index in [2.05, 4.69) is 10.5 Å². The highest BCUT2D eigenvalue weighted by Crippen LogP contribution is 2.10. The molecule has 0 aromatic heterocycles. The molecule has 4 N–H and O–H groups in total. The lowest BCUT2D eigenvalue weighted by Crippen LogP contribution is -2.40. The van der Waals surface area contributed by atoms with Gasteiger partial charge >= 0.3 is 0 Å². The maximum Gasteiger partial charge on any atom is 0.175 e. The van der Waals surface area contributed by atoms with Crippen LogP contribution in [0.25, 0.3) is 0 Å². The summed E-state index contributed by atoms with van der Waals surface area (Å²) in [5.74, 6) is 0.134. The number of nitrogens with one attached hydrogen (secondary N) is 1. The van der Waals surface area contributed by atoms with Crippen molar-refractivity contribution in [3.05, 3.63) is 29.8 Å². The monoisotopic (exact) mass is 285 g/mol. The quantitative estimate of drug-likeness (QED) is 0.309. The fourth-order valence-electron chi connectivity index (χ4n) is 1.62. The third-order valence-electron chi connectivity index (χ3n) is 2.78. The molecule has 0 saturated carbocycles. The van der Waals surface area contributed by atoms with E-state index < -0.39 is 9.84 Å². The van der Waals surface area contributed by atoms with Gasteiger partial charge in [-0.05, 0) is 24.1 Å². The molecule has 0 heterocycles. The Morgan fingerprint density at radius 2 is 2.00 bits per heavy atom. The Labute approximate surface area is 113 Å². The van der Waals surface area contributed by atoms with Crippen LogP contribution in [0, 0.1) is 0 Å². The maximum absolute atomic E-state index is 11.3. The smallest absolute Gasteiger partial charge is 0.175 e. The molecule has 0 aliphatic heterocycles. The largest absolute Gasteiger partial charge is 0.409 e. The predicted molar refractivity (Wildman–Crippen MR) is 73.9 cm³/mol. The van der Waals surface area contributed by atoms with Gasteiger partial charge in [0.1, 0.15) is 0 Å². The minimum absolute atomic E-state index is 0.134. The molecule has 0 radical (unpaired) electrons. The van der Waals surface area contributed by atoms with E-state index in [4.69, 9.17) is 10.9 Å². The molecule has 6 nitrogen and oxygen atoms in total. The Balaban J connectivity index is 2.69. The number of hydrogen-bond donors (Lipinski definition) is 3. The molecule has 7 heteroatoms. The van der Waals surface area contributed by atoms with E-state index in [0.29, 0.717) is 17.9 Å². The van der Waals surface area contributed by atoms with Crippen LogP contribution in [0.1, 0.15) is 18.9 Å². The minimum Gasteiger partial charge on any atom is -0.409 e. The first kappa shape index (κ1) is 15.5. The molecule has 0 aliphatic carbocycles. The van der Waals surface area contributed by atoms with E-state index in [-0.39, 0.29) is 11.9 Å². The second-order valence-electron chi connectivity index (χ2n) is 4.28. The Kier molecular flexibility index (Phi) is 5.31. The zero-order valence-corrected chi connectivity index (χ0v) is 11.8. The third kappa shape index (κ3) is 4.53. The maximum atomic E-state index is 11.3. The Morgan fingerprint density at radius 1 is 1.42 bits per heavy atom. The topological polar surface area (TPSA) is 105 Å². The van der Waals surface area contributed by atoms with Gasteiger partial charge in [0, 0.05) is 12.8 Å². The van der Waals surface area contributed by atoms with Gasteiger partial charge in [-0.25, -0.2) is 8.42 Å². The van der Waals surface area contributed by atoms with Gasteiger partial charge in [-0.1, -0.05) is 24.2 Å². The summed E-state index contributed by atoms with van der Waals surface area (Å²) in [5, 5.41) is 14.7.